The monoisotopic (exact) mass is 433 g/mol. The Labute approximate surface area is 187 Å². The molecule has 0 bridgehead atoms. The van der Waals surface area contributed by atoms with E-state index in [4.69, 9.17) is 9.15 Å². The Morgan fingerprint density at radius 2 is 1.75 bits per heavy atom. The second-order valence-corrected chi connectivity index (χ2v) is 9.17. The van der Waals surface area contributed by atoms with E-state index in [0.717, 1.165) is 62.6 Å². The van der Waals surface area contributed by atoms with E-state index < -0.39 is 0 Å². The summed E-state index contributed by atoms with van der Waals surface area (Å²) >= 11 is 0. The summed E-state index contributed by atoms with van der Waals surface area (Å²) in [5, 5.41) is 3.51. The number of piperazine rings is 1. The second-order valence-electron chi connectivity index (χ2n) is 9.17. The highest BCUT2D eigenvalue weighted by molar-refractivity contribution is 5.70. The molecule has 0 amide bonds. The molecule has 6 rings (SSSR count). The first-order valence-electron chi connectivity index (χ1n) is 11.5. The van der Waals surface area contributed by atoms with Gasteiger partial charge in [0.15, 0.2) is 0 Å². The molecule has 5 nitrogen and oxygen atoms in total. The molecule has 2 aromatic carbocycles. The number of nitrogens with one attached hydrogen (secondary N) is 1. The van der Waals surface area contributed by atoms with Crippen molar-refractivity contribution in [2.75, 3.05) is 38.0 Å². The van der Waals surface area contributed by atoms with Crippen molar-refractivity contribution in [1.29, 1.82) is 0 Å². The summed E-state index contributed by atoms with van der Waals surface area (Å²) in [7, 11) is 0. The molecule has 3 atom stereocenters. The Bertz CT molecular complexity index is 1080. The molecule has 4 heterocycles. The van der Waals surface area contributed by atoms with Crippen LogP contribution in [0.3, 0.4) is 0 Å². The summed E-state index contributed by atoms with van der Waals surface area (Å²) in [4.78, 5) is 4.99. The van der Waals surface area contributed by atoms with Crippen molar-refractivity contribution >= 4 is 11.4 Å². The maximum atomic E-state index is 14.2. The largest absolute Gasteiger partial charge is 0.472 e. The van der Waals surface area contributed by atoms with E-state index in [0.29, 0.717) is 0 Å². The van der Waals surface area contributed by atoms with Gasteiger partial charge in [-0.15, -0.1) is 0 Å². The summed E-state index contributed by atoms with van der Waals surface area (Å²) in [5.41, 5.74) is 5.47. The molecule has 3 aliphatic rings. The number of fused-ring (bicyclic) bond motifs is 5. The summed E-state index contributed by atoms with van der Waals surface area (Å²) in [6.07, 6.45) is 4.55. The minimum Gasteiger partial charge on any atom is -0.472 e. The number of anilines is 2. The van der Waals surface area contributed by atoms with Gasteiger partial charge in [0.1, 0.15) is 5.82 Å². The molecule has 2 fully saturated rings. The third-order valence-electron chi connectivity index (χ3n) is 7.08. The minimum atomic E-state index is -0.212. The third kappa shape index (κ3) is 3.83. The van der Waals surface area contributed by atoms with Gasteiger partial charge in [-0.25, -0.2) is 4.39 Å². The summed E-state index contributed by atoms with van der Waals surface area (Å²) in [5.74, 6) is 0.0187. The van der Waals surface area contributed by atoms with Crippen molar-refractivity contribution in [1.82, 2.24) is 9.80 Å². The Balaban J connectivity index is 1.16. The Kier molecular flexibility index (Phi) is 5.21. The van der Waals surface area contributed by atoms with Crippen molar-refractivity contribution in [2.24, 2.45) is 0 Å². The normalized spacial score (nSPS) is 25.5. The van der Waals surface area contributed by atoms with E-state index in [1.807, 2.05) is 24.5 Å². The van der Waals surface area contributed by atoms with Crippen LogP contribution < -0.4 is 5.32 Å². The smallest absolute Gasteiger partial charge is 0.123 e. The number of furan rings is 1. The van der Waals surface area contributed by atoms with Crippen LogP contribution in [0.1, 0.15) is 35.1 Å². The molecule has 6 heteroatoms. The number of hydrogen-bond donors (Lipinski definition) is 1. The fourth-order valence-electron chi connectivity index (χ4n) is 5.48. The lowest BCUT2D eigenvalue weighted by atomic mass is 9.87. The van der Waals surface area contributed by atoms with Crippen LogP contribution in [0.5, 0.6) is 0 Å². The lowest BCUT2D eigenvalue weighted by molar-refractivity contribution is 0.00884. The topological polar surface area (TPSA) is 40.9 Å². The van der Waals surface area contributed by atoms with E-state index in [-0.39, 0.29) is 23.9 Å². The van der Waals surface area contributed by atoms with Crippen LogP contribution in [0.2, 0.25) is 0 Å². The van der Waals surface area contributed by atoms with Crippen LogP contribution >= 0.6 is 0 Å². The fourth-order valence-corrected chi connectivity index (χ4v) is 5.48. The Hall–Kier alpha value is -2.67. The Morgan fingerprint density at radius 3 is 2.59 bits per heavy atom. The van der Waals surface area contributed by atoms with Gasteiger partial charge in [0.25, 0.3) is 0 Å². The quantitative estimate of drug-likeness (QED) is 0.633. The van der Waals surface area contributed by atoms with Crippen LogP contribution in [0.25, 0.3) is 0 Å². The number of benzene rings is 2. The molecule has 2 saturated heterocycles. The van der Waals surface area contributed by atoms with Crippen molar-refractivity contribution in [2.45, 2.75) is 31.1 Å². The van der Waals surface area contributed by atoms with Crippen LogP contribution in [-0.2, 0) is 11.3 Å². The van der Waals surface area contributed by atoms with E-state index >= 15 is 0 Å². The number of hydrogen-bond acceptors (Lipinski definition) is 5. The minimum absolute atomic E-state index is 0.121. The highest BCUT2D eigenvalue weighted by Gasteiger charge is 2.41. The molecule has 3 aromatic rings. The van der Waals surface area contributed by atoms with Crippen molar-refractivity contribution in [3.63, 3.8) is 0 Å². The summed E-state index contributed by atoms with van der Waals surface area (Å²) in [6, 6.07) is 15.5. The maximum Gasteiger partial charge on any atom is 0.123 e. The van der Waals surface area contributed by atoms with Gasteiger partial charge in [-0.1, -0.05) is 18.2 Å². The van der Waals surface area contributed by atoms with Crippen LogP contribution in [0, 0.1) is 5.82 Å². The number of ether oxygens (including phenoxy) is 1. The lowest BCUT2D eigenvalue weighted by Crippen LogP contribution is -2.48. The SMILES string of the molecule is Fc1ccc2c(c1)C1OC(CN3CCN(Cc4ccoc4)CC3)CC1c1ccccc1N2. The molecule has 1 N–H and O–H groups in total. The van der Waals surface area contributed by atoms with Gasteiger partial charge >= 0.3 is 0 Å². The maximum absolute atomic E-state index is 14.2. The highest BCUT2D eigenvalue weighted by atomic mass is 19.1. The molecular weight excluding hydrogens is 405 g/mol. The van der Waals surface area contributed by atoms with Gasteiger partial charge in [-0.2, -0.15) is 0 Å². The van der Waals surface area contributed by atoms with Crippen LogP contribution in [-0.4, -0.2) is 48.6 Å². The van der Waals surface area contributed by atoms with Gasteiger partial charge in [0.05, 0.1) is 24.7 Å². The molecule has 0 saturated carbocycles. The first-order valence-corrected chi connectivity index (χ1v) is 11.5. The van der Waals surface area contributed by atoms with Crippen LogP contribution in [0.15, 0.2) is 65.5 Å². The zero-order valence-electron chi connectivity index (χ0n) is 18.0. The Morgan fingerprint density at radius 1 is 0.938 bits per heavy atom. The van der Waals surface area contributed by atoms with E-state index in [1.54, 1.807) is 12.3 Å². The van der Waals surface area contributed by atoms with Gasteiger partial charge in [0.2, 0.25) is 0 Å². The molecule has 1 aromatic heterocycles. The van der Waals surface area contributed by atoms with Gasteiger partial charge < -0.3 is 14.5 Å². The molecule has 3 aliphatic heterocycles. The van der Waals surface area contributed by atoms with E-state index in [1.165, 1.54) is 17.2 Å². The molecule has 0 aliphatic carbocycles. The number of rotatable bonds is 4. The predicted octanol–water partition coefficient (Wildman–Crippen LogP) is 4.91. The summed E-state index contributed by atoms with van der Waals surface area (Å²) in [6.45, 7) is 6.04. The fraction of sp³-hybridized carbons (Fsp3) is 0.385. The molecule has 0 spiro atoms. The van der Waals surface area contributed by atoms with E-state index in [9.17, 15) is 4.39 Å². The zero-order valence-corrected chi connectivity index (χ0v) is 18.0. The average Bonchev–Trinajstić information content (AvgIpc) is 3.44. The number of nitrogens with zero attached hydrogens (tertiary/aromatic N) is 2. The highest BCUT2D eigenvalue weighted by Crippen LogP contribution is 2.51. The first-order chi connectivity index (χ1) is 15.7. The molecular formula is C26H28FN3O2. The second kappa shape index (κ2) is 8.35. The number of halogens is 1. The van der Waals surface area contributed by atoms with Crippen molar-refractivity contribution in [3.05, 3.63) is 83.6 Å². The van der Waals surface area contributed by atoms with Gasteiger partial charge in [-0.05, 0) is 42.3 Å². The van der Waals surface area contributed by atoms with Gasteiger partial charge in [0, 0.05) is 67.7 Å². The molecule has 32 heavy (non-hydrogen) atoms. The van der Waals surface area contributed by atoms with Crippen molar-refractivity contribution in [3.8, 4) is 0 Å². The third-order valence-corrected chi connectivity index (χ3v) is 7.08. The van der Waals surface area contributed by atoms with Crippen LogP contribution in [0.4, 0.5) is 15.8 Å². The molecule has 0 radical (unpaired) electrons. The first kappa shape index (κ1) is 20.0. The van der Waals surface area contributed by atoms with E-state index in [2.05, 4.69) is 33.3 Å². The molecule has 3 unspecified atom stereocenters. The average molecular weight is 434 g/mol. The summed E-state index contributed by atoms with van der Waals surface area (Å²) < 4.78 is 26.0. The zero-order chi connectivity index (χ0) is 21.5. The van der Waals surface area contributed by atoms with Gasteiger partial charge in [-0.3, -0.25) is 9.80 Å². The van der Waals surface area contributed by atoms with Crippen molar-refractivity contribution < 1.29 is 13.5 Å². The lowest BCUT2D eigenvalue weighted by Gasteiger charge is -2.35. The molecule has 166 valence electrons. The predicted molar refractivity (Wildman–Crippen MR) is 122 cm³/mol. The number of para-hydroxylation sites is 1. The standard InChI is InChI=1S/C26H28FN3O2/c27-19-5-6-25-23(13-19)26-22(21-3-1-2-4-24(21)28-25)14-20(32-26)16-30-10-8-29(9-11-30)15-18-7-12-31-17-18/h1-7,12-13,17,20,22,26,28H,8-11,14-16H2.